The molecule has 0 aliphatic carbocycles. The zero-order valence-corrected chi connectivity index (χ0v) is 11.4. The molecule has 4 N–H and O–H groups in total. The van der Waals surface area contributed by atoms with E-state index in [9.17, 15) is 13.5 Å². The zero-order valence-electron chi connectivity index (χ0n) is 10.6. The van der Waals surface area contributed by atoms with Crippen LogP contribution in [0.3, 0.4) is 0 Å². The summed E-state index contributed by atoms with van der Waals surface area (Å²) in [6.07, 6.45) is 1.41. The number of anilines is 1. The Bertz CT molecular complexity index is 674. The van der Waals surface area contributed by atoms with Gasteiger partial charge < -0.3 is 10.8 Å². The zero-order chi connectivity index (χ0) is 14.6. The predicted molar refractivity (Wildman–Crippen MR) is 75.2 cm³/mol. The van der Waals surface area contributed by atoms with Gasteiger partial charge in [0.25, 0.3) is 0 Å². The van der Waals surface area contributed by atoms with Crippen LogP contribution in [0, 0.1) is 0 Å². The van der Waals surface area contributed by atoms with E-state index < -0.39 is 16.1 Å². The van der Waals surface area contributed by atoms with Crippen molar-refractivity contribution >= 4 is 15.8 Å². The molecular weight excluding hydrogens is 278 g/mol. The highest BCUT2D eigenvalue weighted by Gasteiger charge is 2.23. The molecule has 0 unspecified atom stereocenters. The molecule has 0 aliphatic heterocycles. The molecule has 1 aromatic heterocycles. The van der Waals surface area contributed by atoms with Crippen LogP contribution in [-0.4, -0.2) is 25.1 Å². The van der Waals surface area contributed by atoms with Crippen LogP contribution in [0.1, 0.15) is 11.6 Å². The summed E-state index contributed by atoms with van der Waals surface area (Å²) in [5, 5.41) is 9.39. The van der Waals surface area contributed by atoms with Crippen LogP contribution in [0.5, 0.6) is 0 Å². The van der Waals surface area contributed by atoms with Crippen LogP contribution in [0.2, 0.25) is 0 Å². The minimum atomic E-state index is -3.85. The van der Waals surface area contributed by atoms with Gasteiger partial charge in [-0.15, -0.1) is 0 Å². The second kappa shape index (κ2) is 6.00. The number of pyridine rings is 1. The standard InChI is InChI=1S/C13H15N3O3S/c14-13-12(7-4-8-15-13)20(18,19)16-11(9-17)10-5-2-1-3-6-10/h1-8,11,16-17H,9H2,(H2,14,15)/t11-/m1/s1. The minimum absolute atomic E-state index is 0.0789. The molecule has 0 saturated carbocycles. The van der Waals surface area contributed by atoms with Crippen LogP contribution < -0.4 is 10.5 Å². The number of nitrogens with zero attached hydrogens (tertiary/aromatic N) is 1. The van der Waals surface area contributed by atoms with Crippen molar-refractivity contribution in [3.8, 4) is 0 Å². The number of sulfonamides is 1. The SMILES string of the molecule is Nc1ncccc1S(=O)(=O)N[C@H](CO)c1ccccc1. The summed E-state index contributed by atoms with van der Waals surface area (Å²) in [5.41, 5.74) is 6.24. The number of aliphatic hydroxyl groups is 1. The lowest BCUT2D eigenvalue weighted by atomic mass is 10.1. The summed E-state index contributed by atoms with van der Waals surface area (Å²) in [6.45, 7) is -0.358. The fourth-order valence-electron chi connectivity index (χ4n) is 1.78. The molecule has 0 amide bonds. The lowest BCUT2D eigenvalue weighted by Gasteiger charge is -2.17. The molecule has 0 aliphatic rings. The summed E-state index contributed by atoms with van der Waals surface area (Å²) in [6, 6.07) is 10.9. The number of hydrogen-bond donors (Lipinski definition) is 3. The van der Waals surface area contributed by atoms with E-state index in [4.69, 9.17) is 5.73 Å². The van der Waals surface area contributed by atoms with Gasteiger partial charge in [-0.25, -0.2) is 18.1 Å². The second-order valence-corrected chi connectivity index (χ2v) is 5.84. The number of nitrogens with two attached hydrogens (primary N) is 1. The van der Waals surface area contributed by atoms with Gasteiger partial charge in [-0.1, -0.05) is 30.3 Å². The molecule has 0 bridgehead atoms. The Labute approximate surface area is 117 Å². The lowest BCUT2D eigenvalue weighted by Crippen LogP contribution is -2.31. The van der Waals surface area contributed by atoms with Crippen molar-refractivity contribution in [3.05, 3.63) is 54.2 Å². The molecule has 1 atom stereocenters. The van der Waals surface area contributed by atoms with Crippen molar-refractivity contribution < 1.29 is 13.5 Å². The molecule has 1 aromatic carbocycles. The van der Waals surface area contributed by atoms with Gasteiger partial charge in [0.2, 0.25) is 10.0 Å². The first-order valence-electron chi connectivity index (χ1n) is 5.93. The van der Waals surface area contributed by atoms with Crippen molar-refractivity contribution in [1.29, 1.82) is 0 Å². The van der Waals surface area contributed by atoms with Gasteiger partial charge in [-0.3, -0.25) is 0 Å². The van der Waals surface area contributed by atoms with E-state index in [1.54, 1.807) is 24.3 Å². The van der Waals surface area contributed by atoms with Gasteiger partial charge >= 0.3 is 0 Å². The maximum Gasteiger partial charge on any atom is 0.244 e. The summed E-state index contributed by atoms with van der Waals surface area (Å²) in [4.78, 5) is 3.64. The highest BCUT2D eigenvalue weighted by molar-refractivity contribution is 7.89. The van der Waals surface area contributed by atoms with Crippen LogP contribution >= 0.6 is 0 Å². The summed E-state index contributed by atoms with van der Waals surface area (Å²) >= 11 is 0. The first-order valence-corrected chi connectivity index (χ1v) is 7.41. The van der Waals surface area contributed by atoms with E-state index in [1.807, 2.05) is 6.07 Å². The molecule has 0 fully saturated rings. The van der Waals surface area contributed by atoms with Crippen LogP contribution in [-0.2, 0) is 10.0 Å². The van der Waals surface area contributed by atoms with Crippen LogP contribution in [0.4, 0.5) is 5.82 Å². The van der Waals surface area contributed by atoms with Crippen LogP contribution in [0.15, 0.2) is 53.6 Å². The maximum atomic E-state index is 12.3. The molecule has 0 spiro atoms. The minimum Gasteiger partial charge on any atom is -0.394 e. The average molecular weight is 293 g/mol. The molecule has 0 saturated heterocycles. The van der Waals surface area contributed by atoms with E-state index in [0.717, 1.165) is 0 Å². The van der Waals surface area contributed by atoms with E-state index in [1.165, 1.54) is 18.3 Å². The summed E-state index contributed by atoms with van der Waals surface area (Å²) < 4.78 is 26.9. The predicted octanol–water partition coefficient (Wildman–Crippen LogP) is 0.676. The number of benzene rings is 1. The number of nitrogens with one attached hydrogen (secondary N) is 1. The van der Waals surface area contributed by atoms with Crippen molar-refractivity contribution in [2.24, 2.45) is 0 Å². The first-order chi connectivity index (χ1) is 9.54. The third-order valence-electron chi connectivity index (χ3n) is 2.77. The van der Waals surface area contributed by atoms with Gasteiger partial charge in [-0.2, -0.15) is 0 Å². The maximum absolute atomic E-state index is 12.3. The van der Waals surface area contributed by atoms with Gasteiger partial charge in [0.05, 0.1) is 12.6 Å². The van der Waals surface area contributed by atoms with Crippen molar-refractivity contribution in [1.82, 2.24) is 9.71 Å². The number of aromatic nitrogens is 1. The second-order valence-electron chi connectivity index (χ2n) is 4.15. The highest BCUT2D eigenvalue weighted by Crippen LogP contribution is 2.19. The highest BCUT2D eigenvalue weighted by atomic mass is 32.2. The van der Waals surface area contributed by atoms with E-state index in [-0.39, 0.29) is 17.3 Å². The molecule has 6 nitrogen and oxygen atoms in total. The molecule has 0 radical (unpaired) electrons. The Morgan fingerprint density at radius 3 is 2.50 bits per heavy atom. The quantitative estimate of drug-likeness (QED) is 0.751. The van der Waals surface area contributed by atoms with Gasteiger partial charge in [0.1, 0.15) is 10.7 Å². The van der Waals surface area contributed by atoms with E-state index in [2.05, 4.69) is 9.71 Å². The molecule has 2 rings (SSSR count). The van der Waals surface area contributed by atoms with Gasteiger partial charge in [0, 0.05) is 6.20 Å². The molecule has 106 valence electrons. The Morgan fingerprint density at radius 2 is 1.90 bits per heavy atom. The molecule has 20 heavy (non-hydrogen) atoms. The van der Waals surface area contributed by atoms with Gasteiger partial charge in [0.15, 0.2) is 0 Å². The number of hydrogen-bond acceptors (Lipinski definition) is 5. The smallest absolute Gasteiger partial charge is 0.244 e. The molecule has 2 aromatic rings. The third-order valence-corrected chi connectivity index (χ3v) is 4.29. The monoisotopic (exact) mass is 293 g/mol. The Balaban J connectivity index is 2.30. The fraction of sp³-hybridized carbons (Fsp3) is 0.154. The first kappa shape index (κ1) is 14.4. The Kier molecular flexibility index (Phi) is 4.33. The van der Waals surface area contributed by atoms with Gasteiger partial charge in [-0.05, 0) is 17.7 Å². The topological polar surface area (TPSA) is 105 Å². The molecule has 7 heteroatoms. The van der Waals surface area contributed by atoms with Crippen LogP contribution in [0.25, 0.3) is 0 Å². The average Bonchev–Trinajstić information content (AvgIpc) is 2.46. The van der Waals surface area contributed by atoms with Crippen molar-refractivity contribution in [3.63, 3.8) is 0 Å². The van der Waals surface area contributed by atoms with Crippen molar-refractivity contribution in [2.75, 3.05) is 12.3 Å². The Morgan fingerprint density at radius 1 is 1.20 bits per heavy atom. The Hall–Kier alpha value is -1.96. The van der Waals surface area contributed by atoms with Crippen molar-refractivity contribution in [2.45, 2.75) is 10.9 Å². The number of nitrogen functional groups attached to an aromatic ring is 1. The summed E-state index contributed by atoms with van der Waals surface area (Å²) in [7, 11) is -3.85. The number of aliphatic hydroxyl groups excluding tert-OH is 1. The third kappa shape index (κ3) is 3.13. The summed E-state index contributed by atoms with van der Waals surface area (Å²) in [5.74, 6) is -0.0789. The van der Waals surface area contributed by atoms with E-state index >= 15 is 0 Å². The normalized spacial score (nSPS) is 13.1. The largest absolute Gasteiger partial charge is 0.394 e. The fourth-order valence-corrected chi connectivity index (χ4v) is 3.07. The lowest BCUT2D eigenvalue weighted by molar-refractivity contribution is 0.259. The number of rotatable bonds is 5. The van der Waals surface area contributed by atoms with E-state index in [0.29, 0.717) is 5.56 Å². The molecule has 1 heterocycles. The molecular formula is C13H15N3O3S.